The Morgan fingerprint density at radius 1 is 1.27 bits per heavy atom. The number of esters is 1. The Morgan fingerprint density at radius 3 is 2.77 bits per heavy atom. The maximum atomic E-state index is 12.8. The Kier molecular flexibility index (Phi) is 5.11. The molecule has 3 aliphatic carbocycles. The van der Waals surface area contributed by atoms with Gasteiger partial charge in [-0.15, -0.1) is 0 Å². The molecule has 0 aromatic rings. The van der Waals surface area contributed by atoms with Crippen LogP contribution in [-0.2, 0) is 24.4 Å². The Morgan fingerprint density at radius 2 is 2.04 bits per heavy atom. The number of hydrogen-bond acceptors (Lipinski definition) is 6. The van der Waals surface area contributed by atoms with E-state index >= 15 is 0 Å². The minimum atomic E-state index is -4.21. The van der Waals surface area contributed by atoms with Crippen LogP contribution >= 0.6 is 0 Å². The van der Waals surface area contributed by atoms with Crippen molar-refractivity contribution in [3.63, 3.8) is 0 Å². The third-order valence-electron chi connectivity index (χ3n) is 6.56. The van der Waals surface area contributed by atoms with E-state index in [0.717, 1.165) is 19.3 Å². The lowest BCUT2D eigenvalue weighted by Crippen LogP contribution is -2.45. The first-order chi connectivity index (χ1) is 12.4. The second-order valence-electron chi connectivity index (χ2n) is 8.13. The fourth-order valence-electron chi connectivity index (χ4n) is 5.50. The van der Waals surface area contributed by atoms with Gasteiger partial charge in [0.25, 0.3) is 10.1 Å². The van der Waals surface area contributed by atoms with Crippen molar-refractivity contribution < 1.29 is 27.2 Å². The van der Waals surface area contributed by atoms with Gasteiger partial charge in [0.2, 0.25) is 0 Å². The molecule has 0 aromatic heterocycles. The molecule has 4 aliphatic rings. The van der Waals surface area contributed by atoms with Crippen molar-refractivity contribution in [1.29, 1.82) is 0 Å². The summed E-state index contributed by atoms with van der Waals surface area (Å²) in [4.78, 5) is 14.8. The van der Waals surface area contributed by atoms with E-state index in [1.54, 1.807) is 0 Å². The molecule has 8 heteroatoms. The van der Waals surface area contributed by atoms with Gasteiger partial charge in [-0.05, 0) is 42.9 Å². The first-order valence-corrected chi connectivity index (χ1v) is 11.1. The van der Waals surface area contributed by atoms with Gasteiger partial charge >= 0.3 is 5.97 Å². The Labute approximate surface area is 154 Å². The van der Waals surface area contributed by atoms with Crippen LogP contribution in [0.4, 0.5) is 0 Å². The van der Waals surface area contributed by atoms with Crippen molar-refractivity contribution in [2.75, 3.05) is 38.6 Å². The minimum absolute atomic E-state index is 0.141. The molecular weight excluding hydrogens is 358 g/mol. The molecule has 1 saturated heterocycles. The summed E-state index contributed by atoms with van der Waals surface area (Å²) < 4.78 is 42.9. The van der Waals surface area contributed by atoms with Crippen molar-refractivity contribution in [1.82, 2.24) is 4.90 Å². The molecular formula is C18H27NO6S. The predicted molar refractivity (Wildman–Crippen MR) is 94.0 cm³/mol. The summed E-state index contributed by atoms with van der Waals surface area (Å²) in [6, 6.07) is 0. The average molecular weight is 385 g/mol. The fraction of sp³-hybridized carbons (Fsp3) is 0.833. The van der Waals surface area contributed by atoms with Crippen LogP contribution < -0.4 is 0 Å². The lowest BCUT2D eigenvalue weighted by molar-refractivity contribution is -0.157. The van der Waals surface area contributed by atoms with Gasteiger partial charge in [-0.1, -0.05) is 12.2 Å². The molecule has 146 valence electrons. The molecule has 4 rings (SSSR count). The second-order valence-corrected chi connectivity index (χ2v) is 9.62. The molecule has 1 N–H and O–H groups in total. The molecule has 0 radical (unpaired) electrons. The third kappa shape index (κ3) is 3.83. The van der Waals surface area contributed by atoms with Crippen LogP contribution in [0.5, 0.6) is 0 Å². The summed E-state index contributed by atoms with van der Waals surface area (Å²) in [7, 11) is -4.21. The number of carbonyl (C=O) groups is 1. The molecule has 2 bridgehead atoms. The predicted octanol–water partition coefficient (Wildman–Crippen LogP) is 0.967. The lowest BCUT2D eigenvalue weighted by Gasteiger charge is -2.33. The highest BCUT2D eigenvalue weighted by Crippen LogP contribution is 2.59. The highest BCUT2D eigenvalue weighted by atomic mass is 32.2. The summed E-state index contributed by atoms with van der Waals surface area (Å²) in [6.07, 6.45) is 6.68. The zero-order valence-corrected chi connectivity index (χ0v) is 15.6. The van der Waals surface area contributed by atoms with Crippen molar-refractivity contribution in [2.45, 2.75) is 25.4 Å². The number of rotatable bonds is 6. The summed E-state index contributed by atoms with van der Waals surface area (Å²) >= 11 is 0. The molecule has 26 heavy (non-hydrogen) atoms. The second kappa shape index (κ2) is 7.22. The summed E-state index contributed by atoms with van der Waals surface area (Å²) in [6.45, 7) is 2.80. The molecule has 0 amide bonds. The van der Waals surface area contributed by atoms with Crippen molar-refractivity contribution in [3.8, 4) is 0 Å². The van der Waals surface area contributed by atoms with Crippen molar-refractivity contribution in [2.24, 2.45) is 29.6 Å². The van der Waals surface area contributed by atoms with Crippen LogP contribution in [-0.4, -0.2) is 68.5 Å². The number of ether oxygens (including phenoxy) is 2. The van der Waals surface area contributed by atoms with Gasteiger partial charge in [0.1, 0.15) is 11.9 Å². The maximum absolute atomic E-state index is 12.8. The van der Waals surface area contributed by atoms with Gasteiger partial charge in [-0.3, -0.25) is 14.2 Å². The van der Waals surface area contributed by atoms with Gasteiger partial charge < -0.3 is 9.47 Å². The van der Waals surface area contributed by atoms with Crippen molar-refractivity contribution in [3.05, 3.63) is 12.2 Å². The number of carbonyl (C=O) groups excluding carboxylic acids is 1. The SMILES string of the molecule is O=C(OC(CN1CCOCC1)CS(=O)(=O)O)C1CC2CC1C1C=CCC21. The average Bonchev–Trinajstić information content (AvgIpc) is 3.27. The largest absolute Gasteiger partial charge is 0.460 e. The van der Waals surface area contributed by atoms with Crippen molar-refractivity contribution >= 4 is 16.1 Å². The molecule has 6 atom stereocenters. The van der Waals surface area contributed by atoms with E-state index in [-0.39, 0.29) is 11.9 Å². The highest BCUT2D eigenvalue weighted by Gasteiger charge is 2.55. The smallest absolute Gasteiger partial charge is 0.309 e. The zero-order chi connectivity index (χ0) is 18.3. The molecule has 0 spiro atoms. The van der Waals surface area contributed by atoms with E-state index in [0.29, 0.717) is 56.5 Å². The summed E-state index contributed by atoms with van der Waals surface area (Å²) in [5.41, 5.74) is 0. The van der Waals surface area contributed by atoms with Crippen LogP contribution in [0.1, 0.15) is 19.3 Å². The fourth-order valence-corrected chi connectivity index (χ4v) is 6.14. The van der Waals surface area contributed by atoms with Gasteiger partial charge in [0.15, 0.2) is 0 Å². The normalized spacial score (nSPS) is 37.7. The lowest BCUT2D eigenvalue weighted by atomic mass is 9.75. The molecule has 7 nitrogen and oxygen atoms in total. The van der Waals surface area contributed by atoms with Crippen LogP contribution in [0.2, 0.25) is 0 Å². The topological polar surface area (TPSA) is 93.1 Å². The van der Waals surface area contributed by atoms with E-state index in [1.165, 1.54) is 0 Å². The first kappa shape index (κ1) is 18.4. The van der Waals surface area contributed by atoms with E-state index in [2.05, 4.69) is 12.2 Å². The summed E-state index contributed by atoms with van der Waals surface area (Å²) in [5, 5.41) is 0. The van der Waals surface area contributed by atoms with Crippen LogP contribution in [0, 0.1) is 29.6 Å². The number of morpholine rings is 1. The molecule has 1 heterocycles. The molecule has 1 aliphatic heterocycles. The van der Waals surface area contributed by atoms with Gasteiger partial charge in [0, 0.05) is 19.6 Å². The molecule has 2 saturated carbocycles. The minimum Gasteiger partial charge on any atom is -0.460 e. The van der Waals surface area contributed by atoms with Crippen LogP contribution in [0.3, 0.4) is 0 Å². The highest BCUT2D eigenvalue weighted by molar-refractivity contribution is 7.85. The molecule has 6 unspecified atom stereocenters. The van der Waals surface area contributed by atoms with E-state index in [9.17, 15) is 17.8 Å². The number of hydrogen-bond donors (Lipinski definition) is 1. The third-order valence-corrected chi connectivity index (χ3v) is 7.35. The standard InChI is InChI=1S/C18H27NO6S/c20-18(17-9-12-8-16(17)15-3-1-2-14(12)15)25-13(11-26(21,22)23)10-19-4-6-24-7-5-19/h1,3,12-17H,2,4-11H2,(H,21,22,23). The Bertz CT molecular complexity index is 671. The Balaban J connectivity index is 1.40. The number of fused-ring (bicyclic) bond motifs is 5. The van der Waals surface area contributed by atoms with Gasteiger partial charge in [0.05, 0.1) is 19.1 Å². The monoisotopic (exact) mass is 385 g/mol. The Hall–Kier alpha value is -0.960. The number of allylic oxidation sites excluding steroid dienone is 2. The van der Waals surface area contributed by atoms with E-state index in [1.807, 2.05) is 4.90 Å². The van der Waals surface area contributed by atoms with E-state index in [4.69, 9.17) is 9.47 Å². The quantitative estimate of drug-likeness (QED) is 0.414. The number of nitrogens with zero attached hydrogens (tertiary/aromatic N) is 1. The van der Waals surface area contributed by atoms with Gasteiger partial charge in [-0.2, -0.15) is 8.42 Å². The zero-order valence-electron chi connectivity index (χ0n) is 14.8. The summed E-state index contributed by atoms with van der Waals surface area (Å²) in [5.74, 6) is 1.08. The first-order valence-electron chi connectivity index (χ1n) is 9.53. The van der Waals surface area contributed by atoms with E-state index < -0.39 is 22.0 Å². The molecule has 0 aromatic carbocycles. The van der Waals surface area contributed by atoms with Crippen LogP contribution in [0.25, 0.3) is 0 Å². The van der Waals surface area contributed by atoms with Crippen LogP contribution in [0.15, 0.2) is 12.2 Å². The maximum Gasteiger partial charge on any atom is 0.309 e. The van der Waals surface area contributed by atoms with Gasteiger partial charge in [-0.25, -0.2) is 0 Å². The molecule has 3 fully saturated rings.